The largest absolute Gasteiger partial charge is 0.244 e. The molecule has 1 heterocycles. The van der Waals surface area contributed by atoms with Gasteiger partial charge in [-0.1, -0.05) is 26.7 Å². The van der Waals surface area contributed by atoms with Crippen LogP contribution in [-0.2, 0) is 10.0 Å². The summed E-state index contributed by atoms with van der Waals surface area (Å²) in [6, 6.07) is 1.93. The molecule has 0 aliphatic heterocycles. The van der Waals surface area contributed by atoms with Crippen molar-refractivity contribution < 1.29 is 8.42 Å². The fourth-order valence-corrected chi connectivity index (χ4v) is 7.04. The smallest absolute Gasteiger partial charge is 0.207 e. The molecule has 2 rings (SSSR count). The molecular formula is C14H22BrNO2S2. The van der Waals surface area contributed by atoms with Crippen LogP contribution in [0.25, 0.3) is 0 Å². The van der Waals surface area contributed by atoms with Crippen molar-refractivity contribution in [3.05, 3.63) is 14.7 Å². The zero-order valence-corrected chi connectivity index (χ0v) is 15.4. The summed E-state index contributed by atoms with van der Waals surface area (Å²) in [6.07, 6.45) is 4.27. The minimum atomic E-state index is -3.38. The zero-order chi connectivity index (χ0) is 14.9. The molecule has 1 aromatic heterocycles. The molecule has 1 aliphatic rings. The fraction of sp³-hybridized carbons (Fsp3) is 0.714. The number of sulfonamides is 1. The highest BCUT2D eigenvalue weighted by atomic mass is 79.9. The van der Waals surface area contributed by atoms with E-state index in [9.17, 15) is 8.42 Å². The number of hydrogen-bond donors (Lipinski definition) is 0. The average molecular weight is 380 g/mol. The van der Waals surface area contributed by atoms with Crippen molar-refractivity contribution in [2.45, 2.75) is 57.4 Å². The Bertz CT molecular complexity index is 560. The molecule has 114 valence electrons. The standard InChI is InChI=1S/C14H22BrNO2S2/c1-10(2)9-16(12-6-4-5-7-12)20(17,18)13-8-14(15)19-11(13)3/h8,10,12H,4-7,9H2,1-3H3. The lowest BCUT2D eigenvalue weighted by Crippen LogP contribution is -2.41. The van der Waals surface area contributed by atoms with E-state index in [1.165, 1.54) is 11.3 Å². The quantitative estimate of drug-likeness (QED) is 0.759. The molecule has 1 fully saturated rings. The molecule has 0 saturated heterocycles. The van der Waals surface area contributed by atoms with Gasteiger partial charge < -0.3 is 0 Å². The Labute approximate surface area is 134 Å². The Hall–Kier alpha value is 0.0900. The SMILES string of the molecule is Cc1sc(Br)cc1S(=O)(=O)N(CC(C)C)C1CCCC1. The predicted molar refractivity (Wildman–Crippen MR) is 87.7 cm³/mol. The van der Waals surface area contributed by atoms with Crippen LogP contribution in [0.5, 0.6) is 0 Å². The number of hydrogen-bond acceptors (Lipinski definition) is 3. The normalized spacial score (nSPS) is 17.5. The third kappa shape index (κ3) is 3.46. The van der Waals surface area contributed by atoms with Crippen LogP contribution < -0.4 is 0 Å². The summed E-state index contributed by atoms with van der Waals surface area (Å²) in [7, 11) is -3.38. The van der Waals surface area contributed by atoms with E-state index in [1.54, 1.807) is 10.4 Å². The van der Waals surface area contributed by atoms with Gasteiger partial charge >= 0.3 is 0 Å². The summed E-state index contributed by atoms with van der Waals surface area (Å²) < 4.78 is 28.6. The molecule has 0 aromatic carbocycles. The third-order valence-electron chi connectivity index (χ3n) is 3.71. The summed E-state index contributed by atoms with van der Waals surface area (Å²) in [5, 5.41) is 0. The van der Waals surface area contributed by atoms with E-state index in [1.807, 2.05) is 6.92 Å². The molecule has 0 atom stereocenters. The fourth-order valence-electron chi connectivity index (χ4n) is 2.81. The van der Waals surface area contributed by atoms with Gasteiger partial charge in [0.2, 0.25) is 10.0 Å². The first-order valence-corrected chi connectivity index (χ1v) is 10.1. The number of nitrogens with zero attached hydrogens (tertiary/aromatic N) is 1. The Morgan fingerprint density at radius 2 is 2.00 bits per heavy atom. The highest BCUT2D eigenvalue weighted by Crippen LogP contribution is 2.35. The van der Waals surface area contributed by atoms with E-state index in [0.717, 1.165) is 34.3 Å². The molecular weight excluding hydrogens is 358 g/mol. The minimum Gasteiger partial charge on any atom is -0.207 e. The Balaban J connectivity index is 2.37. The molecule has 3 nitrogen and oxygen atoms in total. The summed E-state index contributed by atoms with van der Waals surface area (Å²) in [6.45, 7) is 6.64. The van der Waals surface area contributed by atoms with Crippen LogP contribution in [-0.4, -0.2) is 25.3 Å². The van der Waals surface area contributed by atoms with Crippen molar-refractivity contribution in [3.63, 3.8) is 0 Å². The monoisotopic (exact) mass is 379 g/mol. The number of halogens is 1. The van der Waals surface area contributed by atoms with E-state index in [2.05, 4.69) is 29.8 Å². The van der Waals surface area contributed by atoms with Crippen molar-refractivity contribution in [1.82, 2.24) is 4.31 Å². The van der Waals surface area contributed by atoms with Gasteiger partial charge in [0.25, 0.3) is 0 Å². The highest BCUT2D eigenvalue weighted by molar-refractivity contribution is 9.11. The average Bonchev–Trinajstić information content (AvgIpc) is 2.95. The van der Waals surface area contributed by atoms with Gasteiger partial charge in [-0.05, 0) is 47.7 Å². The first-order chi connectivity index (χ1) is 9.32. The van der Waals surface area contributed by atoms with Crippen LogP contribution in [0.2, 0.25) is 0 Å². The molecule has 1 aliphatic carbocycles. The van der Waals surface area contributed by atoms with E-state index in [0.29, 0.717) is 17.4 Å². The van der Waals surface area contributed by atoms with Gasteiger partial charge in [-0.3, -0.25) is 0 Å². The lowest BCUT2D eigenvalue weighted by Gasteiger charge is -2.29. The first-order valence-electron chi connectivity index (χ1n) is 7.10. The lowest BCUT2D eigenvalue weighted by molar-refractivity contribution is 0.292. The molecule has 0 unspecified atom stereocenters. The van der Waals surface area contributed by atoms with E-state index in [-0.39, 0.29) is 6.04 Å². The second-order valence-corrected chi connectivity index (χ2v) is 10.4. The molecule has 0 amide bonds. The molecule has 0 radical (unpaired) electrons. The highest BCUT2D eigenvalue weighted by Gasteiger charge is 2.35. The number of rotatable bonds is 5. The second kappa shape index (κ2) is 6.46. The van der Waals surface area contributed by atoms with E-state index < -0.39 is 10.0 Å². The minimum absolute atomic E-state index is 0.181. The predicted octanol–water partition coefficient (Wildman–Crippen LogP) is 4.41. The third-order valence-corrected chi connectivity index (χ3v) is 7.43. The maximum Gasteiger partial charge on any atom is 0.244 e. The maximum absolute atomic E-state index is 13.0. The summed E-state index contributed by atoms with van der Waals surface area (Å²) in [5.41, 5.74) is 0. The number of thiophene rings is 1. The van der Waals surface area contributed by atoms with Crippen molar-refractivity contribution in [3.8, 4) is 0 Å². The summed E-state index contributed by atoms with van der Waals surface area (Å²) in [4.78, 5) is 1.34. The first kappa shape index (κ1) is 16.5. The molecule has 0 bridgehead atoms. The van der Waals surface area contributed by atoms with Gasteiger partial charge in [0.15, 0.2) is 0 Å². The van der Waals surface area contributed by atoms with Crippen molar-refractivity contribution in [2.75, 3.05) is 6.54 Å². The molecule has 0 spiro atoms. The van der Waals surface area contributed by atoms with Crippen LogP contribution in [0, 0.1) is 12.8 Å². The molecule has 20 heavy (non-hydrogen) atoms. The lowest BCUT2D eigenvalue weighted by atomic mass is 10.2. The second-order valence-electron chi connectivity index (χ2n) is 5.88. The van der Waals surface area contributed by atoms with Crippen LogP contribution >= 0.6 is 27.3 Å². The van der Waals surface area contributed by atoms with Gasteiger partial charge in [-0.25, -0.2) is 8.42 Å². The van der Waals surface area contributed by atoms with Crippen LogP contribution in [0.15, 0.2) is 14.7 Å². The van der Waals surface area contributed by atoms with Gasteiger partial charge in [-0.15, -0.1) is 11.3 Å². The zero-order valence-electron chi connectivity index (χ0n) is 12.2. The van der Waals surface area contributed by atoms with Crippen LogP contribution in [0.4, 0.5) is 0 Å². The van der Waals surface area contributed by atoms with Crippen molar-refractivity contribution in [1.29, 1.82) is 0 Å². The molecule has 0 N–H and O–H groups in total. The number of aryl methyl sites for hydroxylation is 1. The molecule has 6 heteroatoms. The summed E-state index contributed by atoms with van der Waals surface area (Å²) in [5.74, 6) is 0.341. The maximum atomic E-state index is 13.0. The van der Waals surface area contributed by atoms with Crippen molar-refractivity contribution in [2.24, 2.45) is 5.92 Å². The molecule has 1 aromatic rings. The van der Waals surface area contributed by atoms with Gasteiger partial charge in [0, 0.05) is 17.5 Å². The Kier molecular flexibility index (Phi) is 5.32. The topological polar surface area (TPSA) is 37.4 Å². The van der Waals surface area contributed by atoms with Crippen molar-refractivity contribution >= 4 is 37.3 Å². The van der Waals surface area contributed by atoms with Crippen LogP contribution in [0.3, 0.4) is 0 Å². The Morgan fingerprint density at radius 3 is 2.45 bits per heavy atom. The van der Waals surface area contributed by atoms with Crippen LogP contribution in [0.1, 0.15) is 44.4 Å². The van der Waals surface area contributed by atoms with Gasteiger partial charge in [0.1, 0.15) is 0 Å². The van der Waals surface area contributed by atoms with Gasteiger partial charge in [-0.2, -0.15) is 4.31 Å². The molecule has 1 saturated carbocycles. The Morgan fingerprint density at radius 1 is 1.40 bits per heavy atom. The van der Waals surface area contributed by atoms with Gasteiger partial charge in [0.05, 0.1) is 8.68 Å². The summed E-state index contributed by atoms with van der Waals surface area (Å²) >= 11 is 4.88. The van der Waals surface area contributed by atoms with E-state index in [4.69, 9.17) is 0 Å². The van der Waals surface area contributed by atoms with E-state index >= 15 is 0 Å².